The van der Waals surface area contributed by atoms with Crippen LogP contribution < -0.4 is 5.32 Å². The molecule has 1 heterocycles. The minimum absolute atomic E-state index is 0.0296. The van der Waals surface area contributed by atoms with Crippen LogP contribution in [0.5, 0.6) is 0 Å². The maximum Gasteiger partial charge on any atom is 0.270 e. The van der Waals surface area contributed by atoms with Gasteiger partial charge in [0.15, 0.2) is 5.13 Å². The van der Waals surface area contributed by atoms with E-state index in [2.05, 4.69) is 10.3 Å². The highest BCUT2D eigenvalue weighted by molar-refractivity contribution is 8.14. The molecule has 0 radical (unpaired) electrons. The fourth-order valence-electron chi connectivity index (χ4n) is 2.02. The van der Waals surface area contributed by atoms with Crippen molar-refractivity contribution in [1.29, 1.82) is 0 Å². The second kappa shape index (κ2) is 7.41. The number of carbonyl (C=O) groups is 2. The standard InChI is InChI=1S/C16H11N3O4S2/c20-14(9-24-15(21)10-4-2-1-3-5-10)18-16-17-12-7-6-11(19(22)23)8-13(12)25-16/h1-8H,9H2,(H,17,18,20). The predicted octanol–water partition coefficient (Wildman–Crippen LogP) is 3.72. The molecule has 0 fully saturated rings. The molecule has 126 valence electrons. The maximum atomic E-state index is 12.0. The zero-order valence-corrected chi connectivity index (χ0v) is 14.3. The third kappa shape index (κ3) is 4.20. The molecule has 0 spiro atoms. The van der Waals surface area contributed by atoms with Crippen LogP contribution in [0.25, 0.3) is 10.2 Å². The number of nitro benzene ring substituents is 1. The van der Waals surface area contributed by atoms with Gasteiger partial charge in [0.25, 0.3) is 5.69 Å². The molecule has 0 bridgehead atoms. The van der Waals surface area contributed by atoms with Gasteiger partial charge in [0.2, 0.25) is 11.0 Å². The number of hydrogen-bond acceptors (Lipinski definition) is 7. The molecule has 0 atom stereocenters. The predicted molar refractivity (Wildman–Crippen MR) is 98.1 cm³/mol. The Kier molecular flexibility index (Phi) is 5.05. The third-order valence-corrected chi connectivity index (χ3v) is 5.01. The smallest absolute Gasteiger partial charge is 0.270 e. The van der Waals surface area contributed by atoms with Gasteiger partial charge in [-0.15, -0.1) is 0 Å². The number of non-ortho nitro benzene ring substituents is 1. The van der Waals surface area contributed by atoms with Crippen molar-refractivity contribution in [3.05, 3.63) is 64.2 Å². The SMILES string of the molecule is O=C(CSC(=O)c1ccccc1)Nc1nc2ccc([N+](=O)[O-])cc2s1. The first-order valence-electron chi connectivity index (χ1n) is 7.10. The quantitative estimate of drug-likeness (QED) is 0.540. The number of nitrogens with one attached hydrogen (secondary N) is 1. The number of anilines is 1. The number of nitro groups is 1. The summed E-state index contributed by atoms with van der Waals surface area (Å²) in [6.45, 7) is 0. The molecule has 1 aromatic heterocycles. The number of nitrogens with zero attached hydrogens (tertiary/aromatic N) is 2. The summed E-state index contributed by atoms with van der Waals surface area (Å²) in [6, 6.07) is 13.0. The largest absolute Gasteiger partial charge is 0.301 e. The van der Waals surface area contributed by atoms with Crippen LogP contribution in [0.15, 0.2) is 48.5 Å². The summed E-state index contributed by atoms with van der Waals surface area (Å²) in [4.78, 5) is 38.4. The first kappa shape index (κ1) is 17.1. The van der Waals surface area contributed by atoms with Crippen LogP contribution in [0.4, 0.5) is 10.8 Å². The number of aromatic nitrogens is 1. The highest BCUT2D eigenvalue weighted by Crippen LogP contribution is 2.29. The number of rotatable bonds is 5. The molecule has 1 amide bonds. The molecule has 0 aliphatic rings. The van der Waals surface area contributed by atoms with Crippen LogP contribution in [0.1, 0.15) is 10.4 Å². The molecule has 7 nitrogen and oxygen atoms in total. The van der Waals surface area contributed by atoms with Crippen molar-refractivity contribution in [2.45, 2.75) is 0 Å². The number of hydrogen-bond donors (Lipinski definition) is 1. The van der Waals surface area contributed by atoms with Crippen LogP contribution in [0, 0.1) is 10.1 Å². The minimum Gasteiger partial charge on any atom is -0.301 e. The van der Waals surface area contributed by atoms with Crippen molar-refractivity contribution < 1.29 is 14.5 Å². The lowest BCUT2D eigenvalue weighted by Crippen LogP contribution is -2.15. The number of carbonyl (C=O) groups excluding carboxylic acids is 2. The average Bonchev–Trinajstić information content (AvgIpc) is 3.01. The van der Waals surface area contributed by atoms with Crippen molar-refractivity contribution >= 4 is 55.2 Å². The van der Waals surface area contributed by atoms with E-state index in [0.29, 0.717) is 20.9 Å². The zero-order chi connectivity index (χ0) is 17.8. The Bertz CT molecular complexity index is 956. The minimum atomic E-state index is -0.483. The molecule has 0 aliphatic carbocycles. The second-order valence-corrected chi connectivity index (χ2v) is 6.90. The van der Waals surface area contributed by atoms with Crippen molar-refractivity contribution in [1.82, 2.24) is 4.98 Å². The Hall–Kier alpha value is -2.78. The third-order valence-electron chi connectivity index (χ3n) is 3.17. The van der Waals surface area contributed by atoms with E-state index in [9.17, 15) is 19.7 Å². The van der Waals surface area contributed by atoms with Crippen LogP contribution >= 0.6 is 23.1 Å². The summed E-state index contributed by atoms with van der Waals surface area (Å²) in [5.74, 6) is -0.396. The normalized spacial score (nSPS) is 10.6. The number of thiazole rings is 1. The van der Waals surface area contributed by atoms with Gasteiger partial charge in [0.05, 0.1) is 20.9 Å². The molecular weight excluding hydrogens is 362 g/mol. The van der Waals surface area contributed by atoms with Gasteiger partial charge in [-0.05, 0) is 6.07 Å². The lowest BCUT2D eigenvalue weighted by Gasteiger charge is -2.01. The van der Waals surface area contributed by atoms with Gasteiger partial charge < -0.3 is 5.32 Å². The number of fused-ring (bicyclic) bond motifs is 1. The summed E-state index contributed by atoms with van der Waals surface area (Å²) in [7, 11) is 0. The lowest BCUT2D eigenvalue weighted by molar-refractivity contribution is -0.384. The average molecular weight is 373 g/mol. The molecule has 3 aromatic rings. The Balaban J connectivity index is 1.62. The molecular formula is C16H11N3O4S2. The van der Waals surface area contributed by atoms with E-state index in [1.165, 1.54) is 18.2 Å². The fraction of sp³-hybridized carbons (Fsp3) is 0.0625. The first-order valence-corrected chi connectivity index (χ1v) is 8.90. The van der Waals surface area contributed by atoms with E-state index in [-0.39, 0.29) is 22.5 Å². The van der Waals surface area contributed by atoms with Gasteiger partial charge in [-0.2, -0.15) is 0 Å². The van der Waals surface area contributed by atoms with E-state index in [4.69, 9.17) is 0 Å². The van der Waals surface area contributed by atoms with Gasteiger partial charge in [-0.1, -0.05) is 53.4 Å². The lowest BCUT2D eigenvalue weighted by atomic mass is 10.2. The first-order chi connectivity index (χ1) is 12.0. The fourth-order valence-corrected chi connectivity index (χ4v) is 3.58. The second-order valence-electron chi connectivity index (χ2n) is 4.92. The summed E-state index contributed by atoms with van der Waals surface area (Å²) in [6.07, 6.45) is 0. The zero-order valence-electron chi connectivity index (χ0n) is 12.7. The van der Waals surface area contributed by atoms with Crippen LogP contribution in [-0.2, 0) is 4.79 Å². The van der Waals surface area contributed by atoms with E-state index in [1.807, 2.05) is 6.07 Å². The molecule has 0 saturated carbocycles. The molecule has 0 saturated heterocycles. The topological polar surface area (TPSA) is 102 Å². The molecule has 0 unspecified atom stereocenters. The van der Waals surface area contributed by atoms with Crippen LogP contribution in [0.2, 0.25) is 0 Å². The molecule has 25 heavy (non-hydrogen) atoms. The summed E-state index contributed by atoms with van der Waals surface area (Å²) in [5, 5.41) is 13.5. The molecule has 9 heteroatoms. The van der Waals surface area contributed by atoms with Crippen LogP contribution in [0.3, 0.4) is 0 Å². The Morgan fingerprint density at radius 1 is 1.20 bits per heavy atom. The van der Waals surface area contributed by atoms with Gasteiger partial charge in [0.1, 0.15) is 0 Å². The van der Waals surface area contributed by atoms with Gasteiger partial charge in [-0.25, -0.2) is 4.98 Å². The monoisotopic (exact) mass is 373 g/mol. The summed E-state index contributed by atoms with van der Waals surface area (Å²) in [5.41, 5.74) is 1.07. The van der Waals surface area contributed by atoms with E-state index in [0.717, 1.165) is 23.1 Å². The van der Waals surface area contributed by atoms with Gasteiger partial charge in [0, 0.05) is 17.7 Å². The molecule has 2 aromatic carbocycles. The summed E-state index contributed by atoms with van der Waals surface area (Å²) < 4.78 is 0.609. The van der Waals surface area contributed by atoms with Gasteiger partial charge in [-0.3, -0.25) is 19.7 Å². The highest BCUT2D eigenvalue weighted by Gasteiger charge is 2.13. The van der Waals surface area contributed by atoms with E-state index >= 15 is 0 Å². The highest BCUT2D eigenvalue weighted by atomic mass is 32.2. The van der Waals surface area contributed by atoms with E-state index in [1.54, 1.807) is 24.3 Å². The molecule has 3 rings (SSSR count). The molecule has 1 N–H and O–H groups in total. The van der Waals surface area contributed by atoms with Crippen molar-refractivity contribution in [2.24, 2.45) is 0 Å². The summed E-state index contributed by atoms with van der Waals surface area (Å²) >= 11 is 2.05. The van der Waals surface area contributed by atoms with Crippen molar-refractivity contribution in [3.8, 4) is 0 Å². The Morgan fingerprint density at radius 2 is 1.96 bits per heavy atom. The van der Waals surface area contributed by atoms with Crippen molar-refractivity contribution in [2.75, 3.05) is 11.1 Å². The Labute approximate surface area is 150 Å². The number of amides is 1. The van der Waals surface area contributed by atoms with Crippen LogP contribution in [-0.4, -0.2) is 26.7 Å². The molecule has 0 aliphatic heterocycles. The number of benzene rings is 2. The van der Waals surface area contributed by atoms with E-state index < -0.39 is 4.92 Å². The van der Waals surface area contributed by atoms with Gasteiger partial charge >= 0.3 is 0 Å². The number of thioether (sulfide) groups is 1. The van der Waals surface area contributed by atoms with Crippen molar-refractivity contribution in [3.63, 3.8) is 0 Å². The maximum absolute atomic E-state index is 12.0. The Morgan fingerprint density at radius 3 is 2.68 bits per heavy atom.